The summed E-state index contributed by atoms with van der Waals surface area (Å²) in [6.07, 6.45) is -1.25. The van der Waals surface area contributed by atoms with E-state index in [1.807, 2.05) is 4.72 Å². The van der Waals surface area contributed by atoms with Crippen LogP contribution in [0.15, 0.2) is 35.1 Å². The fourth-order valence-corrected chi connectivity index (χ4v) is 4.34. The first-order chi connectivity index (χ1) is 14.6. The predicted molar refractivity (Wildman–Crippen MR) is 115 cm³/mol. The highest BCUT2D eigenvalue weighted by Crippen LogP contribution is 2.36. The Balaban J connectivity index is 1.68. The lowest BCUT2D eigenvalue weighted by molar-refractivity contribution is 0.0954. The van der Waals surface area contributed by atoms with Crippen molar-refractivity contribution >= 4 is 50.2 Å². The van der Waals surface area contributed by atoms with E-state index in [-0.39, 0.29) is 40.4 Å². The molecule has 31 heavy (non-hydrogen) atoms. The molecule has 1 amide bonds. The first-order valence-corrected chi connectivity index (χ1v) is 11.2. The Labute approximate surface area is 185 Å². The molecular formula is C18H15Cl2N5O5S. The van der Waals surface area contributed by atoms with Crippen LogP contribution in [0.4, 0.5) is 0 Å². The second kappa shape index (κ2) is 7.86. The maximum absolute atomic E-state index is 13.1. The Bertz CT molecular complexity index is 1410. The number of aromatic nitrogens is 2. The van der Waals surface area contributed by atoms with Crippen molar-refractivity contribution in [3.05, 3.63) is 67.7 Å². The smallest absolute Gasteiger partial charge is 0.274 e. The van der Waals surface area contributed by atoms with Gasteiger partial charge in [0.1, 0.15) is 6.10 Å². The number of halogens is 2. The van der Waals surface area contributed by atoms with E-state index in [2.05, 4.69) is 10.3 Å². The van der Waals surface area contributed by atoms with E-state index in [4.69, 9.17) is 28.3 Å². The molecule has 3 aromatic rings. The number of nitrogens with zero attached hydrogens (tertiary/aromatic N) is 2. The number of nitrogens with two attached hydrogens (primary N) is 1. The van der Waals surface area contributed by atoms with Gasteiger partial charge < -0.3 is 10.4 Å². The molecule has 1 aliphatic rings. The van der Waals surface area contributed by atoms with Gasteiger partial charge in [-0.2, -0.15) is 8.42 Å². The zero-order valence-electron chi connectivity index (χ0n) is 15.6. The zero-order chi connectivity index (χ0) is 22.5. The lowest BCUT2D eigenvalue weighted by Gasteiger charge is -2.09. The van der Waals surface area contributed by atoms with Crippen LogP contribution in [0, 0.1) is 0 Å². The average molecular weight is 484 g/mol. The molecule has 2 heterocycles. The summed E-state index contributed by atoms with van der Waals surface area (Å²) in [6, 6.07) is 7.35. The highest BCUT2D eigenvalue weighted by atomic mass is 35.5. The number of benzene rings is 2. The van der Waals surface area contributed by atoms with Gasteiger partial charge >= 0.3 is 0 Å². The van der Waals surface area contributed by atoms with Crippen molar-refractivity contribution in [3.8, 4) is 5.69 Å². The average Bonchev–Trinajstić information content (AvgIpc) is 2.96. The lowest BCUT2D eigenvalue weighted by Crippen LogP contribution is -2.37. The maximum atomic E-state index is 13.1. The highest BCUT2D eigenvalue weighted by molar-refractivity contribution is 7.87. The van der Waals surface area contributed by atoms with E-state index in [1.54, 1.807) is 0 Å². The maximum Gasteiger partial charge on any atom is 0.274 e. The van der Waals surface area contributed by atoms with Crippen LogP contribution < -0.4 is 20.7 Å². The number of amides is 1. The van der Waals surface area contributed by atoms with E-state index in [9.17, 15) is 23.1 Å². The molecule has 0 saturated carbocycles. The fourth-order valence-electron chi connectivity index (χ4n) is 3.39. The topological polar surface area (TPSA) is 156 Å². The predicted octanol–water partition coefficient (Wildman–Crippen LogP) is 0.611. The van der Waals surface area contributed by atoms with Crippen molar-refractivity contribution in [3.63, 3.8) is 0 Å². The normalized spacial score (nSPS) is 15.0. The number of aliphatic hydroxyl groups is 1. The van der Waals surface area contributed by atoms with E-state index >= 15 is 0 Å². The molecule has 0 spiro atoms. The molecule has 0 radical (unpaired) electrons. The van der Waals surface area contributed by atoms with E-state index < -0.39 is 27.8 Å². The van der Waals surface area contributed by atoms with Crippen LogP contribution in [-0.2, 0) is 10.2 Å². The minimum atomic E-state index is -3.85. The molecule has 0 fully saturated rings. The van der Waals surface area contributed by atoms with Gasteiger partial charge in [-0.05, 0) is 30.3 Å². The standard InChI is InChI=1S/C18H15Cl2N5O5S/c19-9-6-11(20)14-12(7-9)24-16-15(26)10-5-8(1-2-13(10)25(16)18(14)28)17(27)22-3-4-23-31(21,29)30/h1-2,5-7,15,23,26H,3-4H2,(H,22,27)(H2,21,29,30). The third kappa shape index (κ3) is 4.03. The van der Waals surface area contributed by atoms with Gasteiger partial charge in [0.05, 0.1) is 21.6 Å². The summed E-state index contributed by atoms with van der Waals surface area (Å²) in [5, 5.41) is 18.7. The zero-order valence-corrected chi connectivity index (χ0v) is 17.9. The van der Waals surface area contributed by atoms with Gasteiger partial charge in [-0.1, -0.05) is 23.2 Å². The summed E-state index contributed by atoms with van der Waals surface area (Å²) in [5.74, 6) is -0.414. The number of hydrogen-bond donors (Lipinski definition) is 4. The van der Waals surface area contributed by atoms with Gasteiger partial charge in [0.15, 0.2) is 5.82 Å². The van der Waals surface area contributed by atoms with Gasteiger partial charge in [0, 0.05) is 29.2 Å². The Morgan fingerprint density at radius 1 is 1.23 bits per heavy atom. The summed E-state index contributed by atoms with van der Waals surface area (Å²) in [7, 11) is -3.85. The first kappa shape index (κ1) is 21.7. The van der Waals surface area contributed by atoms with E-state index in [0.29, 0.717) is 16.3 Å². The fraction of sp³-hybridized carbons (Fsp3) is 0.167. The molecule has 0 saturated heterocycles. The minimum absolute atomic E-state index is 0.000783. The summed E-state index contributed by atoms with van der Waals surface area (Å²) in [5.41, 5.74) is 0.685. The van der Waals surface area contributed by atoms with Crippen molar-refractivity contribution in [2.45, 2.75) is 6.10 Å². The first-order valence-electron chi connectivity index (χ1n) is 8.86. The van der Waals surface area contributed by atoms with Crippen LogP contribution in [0.2, 0.25) is 10.0 Å². The Morgan fingerprint density at radius 3 is 2.68 bits per heavy atom. The molecule has 1 aromatic heterocycles. The SMILES string of the molecule is NS(=O)(=O)NCCNC(=O)c1ccc2c(c1)C(O)c1nc3cc(Cl)cc(Cl)c3c(=O)n1-2. The van der Waals surface area contributed by atoms with Crippen molar-refractivity contribution in [1.82, 2.24) is 19.6 Å². The van der Waals surface area contributed by atoms with Crippen molar-refractivity contribution in [2.24, 2.45) is 5.14 Å². The van der Waals surface area contributed by atoms with Crippen LogP contribution in [0.5, 0.6) is 0 Å². The molecule has 1 unspecified atom stereocenters. The number of carbonyl (C=O) groups excluding carboxylic acids is 1. The van der Waals surface area contributed by atoms with Crippen LogP contribution >= 0.6 is 23.2 Å². The molecule has 162 valence electrons. The second-order valence-electron chi connectivity index (χ2n) is 6.76. The number of rotatable bonds is 5. The summed E-state index contributed by atoms with van der Waals surface area (Å²) >= 11 is 12.2. The van der Waals surface area contributed by atoms with Crippen molar-refractivity contribution in [2.75, 3.05) is 13.1 Å². The quantitative estimate of drug-likeness (QED) is 0.389. The summed E-state index contributed by atoms with van der Waals surface area (Å²) < 4.78 is 25.0. The largest absolute Gasteiger partial charge is 0.380 e. The number of hydrogen-bond acceptors (Lipinski definition) is 6. The Morgan fingerprint density at radius 2 is 1.97 bits per heavy atom. The Kier molecular flexibility index (Phi) is 5.50. The highest BCUT2D eigenvalue weighted by Gasteiger charge is 2.32. The molecule has 2 aromatic carbocycles. The Hall–Kier alpha value is -2.54. The van der Waals surface area contributed by atoms with Crippen LogP contribution in [0.25, 0.3) is 16.6 Å². The third-order valence-electron chi connectivity index (χ3n) is 4.70. The summed E-state index contributed by atoms with van der Waals surface area (Å²) in [4.78, 5) is 29.8. The van der Waals surface area contributed by atoms with Crippen LogP contribution in [-0.4, -0.2) is 42.1 Å². The van der Waals surface area contributed by atoms with Gasteiger partial charge in [-0.15, -0.1) is 0 Å². The number of carbonyl (C=O) groups is 1. The van der Waals surface area contributed by atoms with Crippen molar-refractivity contribution < 1.29 is 18.3 Å². The molecule has 0 aliphatic carbocycles. The molecular weight excluding hydrogens is 469 g/mol. The molecule has 1 aliphatic heterocycles. The molecule has 5 N–H and O–H groups in total. The third-order valence-corrected chi connectivity index (χ3v) is 5.82. The van der Waals surface area contributed by atoms with Crippen molar-refractivity contribution in [1.29, 1.82) is 0 Å². The number of aliphatic hydroxyl groups excluding tert-OH is 1. The van der Waals surface area contributed by atoms with Gasteiger partial charge in [0.25, 0.3) is 21.7 Å². The minimum Gasteiger partial charge on any atom is -0.380 e. The van der Waals surface area contributed by atoms with Gasteiger partial charge in [-0.3, -0.25) is 14.2 Å². The monoisotopic (exact) mass is 483 g/mol. The molecule has 13 heteroatoms. The van der Waals surface area contributed by atoms with E-state index in [1.165, 1.54) is 34.9 Å². The number of fused-ring (bicyclic) bond motifs is 4. The molecule has 1 atom stereocenters. The van der Waals surface area contributed by atoms with Gasteiger partial charge in [0.2, 0.25) is 0 Å². The molecule has 10 nitrogen and oxygen atoms in total. The van der Waals surface area contributed by atoms with Gasteiger partial charge in [-0.25, -0.2) is 14.8 Å². The van der Waals surface area contributed by atoms with Crippen LogP contribution in [0.3, 0.4) is 0 Å². The second-order valence-corrected chi connectivity index (χ2v) is 8.99. The summed E-state index contributed by atoms with van der Waals surface area (Å²) in [6.45, 7) is -0.0837. The number of nitrogens with one attached hydrogen (secondary N) is 2. The van der Waals surface area contributed by atoms with Crippen LogP contribution in [0.1, 0.15) is 27.8 Å². The lowest BCUT2D eigenvalue weighted by atomic mass is 10.1. The molecule has 0 bridgehead atoms. The van der Waals surface area contributed by atoms with E-state index in [0.717, 1.165) is 0 Å². The molecule has 4 rings (SSSR count).